The van der Waals surface area contributed by atoms with Crippen LogP contribution in [0.25, 0.3) is 0 Å². The molecule has 1 amide bonds. The van der Waals surface area contributed by atoms with E-state index >= 15 is 0 Å². The second-order valence-electron chi connectivity index (χ2n) is 6.33. The Kier molecular flexibility index (Phi) is 5.54. The number of rotatable bonds is 5. The number of carbonyl (C=O) groups is 2. The zero-order chi connectivity index (χ0) is 17.9. The van der Waals surface area contributed by atoms with Gasteiger partial charge in [0.15, 0.2) is 0 Å². The zero-order valence-corrected chi connectivity index (χ0v) is 13.9. The van der Waals surface area contributed by atoms with Crippen molar-refractivity contribution in [2.45, 2.75) is 45.1 Å². The minimum absolute atomic E-state index is 0.0433. The highest BCUT2D eigenvalue weighted by Gasteiger charge is 2.27. The van der Waals surface area contributed by atoms with E-state index in [1.807, 2.05) is 0 Å². The maximum Gasteiger partial charge on any atom is 0.335 e. The van der Waals surface area contributed by atoms with Gasteiger partial charge in [-0.15, -0.1) is 0 Å². The predicted octanol–water partition coefficient (Wildman–Crippen LogP) is 3.33. The van der Waals surface area contributed by atoms with E-state index < -0.39 is 10.9 Å². The molecular weight excluding hydrogens is 312 g/mol. The van der Waals surface area contributed by atoms with Gasteiger partial charge in [-0.1, -0.05) is 13.3 Å². The third-order valence-electron chi connectivity index (χ3n) is 4.88. The van der Waals surface area contributed by atoms with E-state index in [0.717, 1.165) is 44.2 Å². The number of aromatic carboxylic acids is 1. The van der Waals surface area contributed by atoms with Crippen molar-refractivity contribution >= 4 is 17.6 Å². The summed E-state index contributed by atoms with van der Waals surface area (Å²) in [5.74, 6) is -0.971. The molecular formula is C17H22N2O5. The van der Waals surface area contributed by atoms with E-state index in [1.54, 1.807) is 11.9 Å². The monoisotopic (exact) mass is 334 g/mol. The van der Waals surface area contributed by atoms with Crippen LogP contribution in [0.1, 0.15) is 59.7 Å². The molecule has 1 N–H and O–H groups in total. The normalized spacial score (nSPS) is 20.4. The highest BCUT2D eigenvalue weighted by atomic mass is 16.6. The van der Waals surface area contributed by atoms with Crippen LogP contribution in [0.5, 0.6) is 0 Å². The van der Waals surface area contributed by atoms with Crippen LogP contribution in [0.3, 0.4) is 0 Å². The molecule has 7 heteroatoms. The van der Waals surface area contributed by atoms with E-state index in [2.05, 4.69) is 6.92 Å². The first-order chi connectivity index (χ1) is 11.3. The van der Waals surface area contributed by atoms with Crippen molar-refractivity contribution in [1.82, 2.24) is 4.90 Å². The van der Waals surface area contributed by atoms with Gasteiger partial charge in [0.05, 0.1) is 10.5 Å². The maximum absolute atomic E-state index is 12.7. The number of benzene rings is 1. The van der Waals surface area contributed by atoms with Gasteiger partial charge in [0.2, 0.25) is 0 Å². The summed E-state index contributed by atoms with van der Waals surface area (Å²) in [6, 6.07) is 3.40. The van der Waals surface area contributed by atoms with Crippen LogP contribution in [0.2, 0.25) is 0 Å². The molecule has 1 saturated carbocycles. The minimum Gasteiger partial charge on any atom is -0.478 e. The Bertz CT molecular complexity index is 618. The molecule has 1 aromatic rings. The number of amides is 1. The van der Waals surface area contributed by atoms with Crippen LogP contribution in [0.4, 0.5) is 5.69 Å². The molecule has 0 saturated heterocycles. The van der Waals surface area contributed by atoms with Gasteiger partial charge >= 0.3 is 5.97 Å². The number of nitro groups is 1. The largest absolute Gasteiger partial charge is 0.478 e. The van der Waals surface area contributed by atoms with Crippen LogP contribution in [-0.4, -0.2) is 39.9 Å². The van der Waals surface area contributed by atoms with Gasteiger partial charge in [-0.3, -0.25) is 14.9 Å². The molecule has 0 bridgehead atoms. The van der Waals surface area contributed by atoms with Crippen LogP contribution < -0.4 is 0 Å². The van der Waals surface area contributed by atoms with Gasteiger partial charge in [0.1, 0.15) is 0 Å². The third kappa shape index (κ3) is 3.90. The molecule has 0 spiro atoms. The molecule has 0 aromatic heterocycles. The van der Waals surface area contributed by atoms with Gasteiger partial charge in [-0.25, -0.2) is 4.79 Å². The fourth-order valence-electron chi connectivity index (χ4n) is 3.27. The summed E-state index contributed by atoms with van der Waals surface area (Å²) in [4.78, 5) is 35.7. The summed E-state index contributed by atoms with van der Waals surface area (Å²) in [5, 5.41) is 20.1. The summed E-state index contributed by atoms with van der Waals surface area (Å²) in [6.45, 7) is 2.16. The average molecular weight is 334 g/mol. The Morgan fingerprint density at radius 1 is 1.21 bits per heavy atom. The Hall–Kier alpha value is -2.44. The number of nitrogens with zero attached hydrogens (tertiary/aromatic N) is 2. The summed E-state index contributed by atoms with van der Waals surface area (Å²) in [5.41, 5.74) is -0.598. The summed E-state index contributed by atoms with van der Waals surface area (Å²) in [7, 11) is 1.68. The lowest BCUT2D eigenvalue weighted by Gasteiger charge is -2.34. The molecule has 0 unspecified atom stereocenters. The number of non-ortho nitro benzene ring substituents is 1. The van der Waals surface area contributed by atoms with Crippen molar-refractivity contribution in [3.05, 3.63) is 39.4 Å². The third-order valence-corrected chi connectivity index (χ3v) is 4.88. The number of carbonyl (C=O) groups excluding carboxylic acids is 1. The number of carboxylic acid groups (broad SMARTS) is 1. The smallest absolute Gasteiger partial charge is 0.335 e. The molecule has 0 atom stereocenters. The summed E-state index contributed by atoms with van der Waals surface area (Å²) < 4.78 is 0. The van der Waals surface area contributed by atoms with Crippen LogP contribution >= 0.6 is 0 Å². The van der Waals surface area contributed by atoms with E-state index in [1.165, 1.54) is 6.07 Å². The number of nitro benzene ring substituents is 1. The SMILES string of the molecule is CCC1CCC(N(C)C(=O)c2cc(C(=O)O)cc([N+](=O)[O-])c2)CC1. The molecule has 1 aliphatic rings. The second-order valence-corrected chi connectivity index (χ2v) is 6.33. The topological polar surface area (TPSA) is 101 Å². The molecule has 130 valence electrons. The number of hydrogen-bond donors (Lipinski definition) is 1. The molecule has 24 heavy (non-hydrogen) atoms. The first-order valence-electron chi connectivity index (χ1n) is 8.13. The van der Waals surface area contributed by atoms with Crippen LogP contribution in [0, 0.1) is 16.0 Å². The van der Waals surface area contributed by atoms with E-state index in [9.17, 15) is 19.7 Å². The zero-order valence-electron chi connectivity index (χ0n) is 13.9. The number of carboxylic acids is 1. The lowest BCUT2D eigenvalue weighted by atomic mass is 9.84. The average Bonchev–Trinajstić information content (AvgIpc) is 2.60. The van der Waals surface area contributed by atoms with E-state index in [4.69, 9.17) is 5.11 Å². The van der Waals surface area contributed by atoms with Crippen molar-refractivity contribution in [3.8, 4) is 0 Å². The molecule has 0 heterocycles. The molecule has 1 aromatic carbocycles. The molecule has 1 aliphatic carbocycles. The van der Waals surface area contributed by atoms with Gasteiger partial charge in [-0.05, 0) is 37.7 Å². The Morgan fingerprint density at radius 3 is 2.29 bits per heavy atom. The molecule has 7 nitrogen and oxygen atoms in total. The summed E-state index contributed by atoms with van der Waals surface area (Å²) in [6.07, 6.45) is 5.07. The fraction of sp³-hybridized carbons (Fsp3) is 0.529. The van der Waals surface area contributed by atoms with Gasteiger partial charge in [-0.2, -0.15) is 0 Å². The molecule has 2 rings (SSSR count). The second kappa shape index (κ2) is 7.42. The van der Waals surface area contributed by atoms with Crippen molar-refractivity contribution in [2.75, 3.05) is 7.05 Å². The quantitative estimate of drug-likeness (QED) is 0.657. The van der Waals surface area contributed by atoms with Crippen LogP contribution in [-0.2, 0) is 0 Å². The molecule has 1 fully saturated rings. The van der Waals surface area contributed by atoms with Crippen molar-refractivity contribution in [3.63, 3.8) is 0 Å². The van der Waals surface area contributed by atoms with E-state index in [-0.39, 0.29) is 28.8 Å². The first kappa shape index (κ1) is 17.9. The highest BCUT2D eigenvalue weighted by molar-refractivity contribution is 5.98. The summed E-state index contributed by atoms with van der Waals surface area (Å²) >= 11 is 0. The Balaban J connectivity index is 2.22. The number of hydrogen-bond acceptors (Lipinski definition) is 4. The minimum atomic E-state index is -1.29. The lowest BCUT2D eigenvalue weighted by Crippen LogP contribution is -2.39. The molecule has 0 radical (unpaired) electrons. The Morgan fingerprint density at radius 2 is 1.79 bits per heavy atom. The standard InChI is InChI=1S/C17H22N2O5/c1-3-11-4-6-14(7-5-11)18(2)16(20)12-8-13(17(21)22)10-15(9-12)19(23)24/h8-11,14H,3-7H2,1-2H3,(H,21,22). The predicted molar refractivity (Wildman–Crippen MR) is 88.2 cm³/mol. The van der Waals surface area contributed by atoms with E-state index in [0.29, 0.717) is 5.92 Å². The first-order valence-corrected chi connectivity index (χ1v) is 8.13. The highest BCUT2D eigenvalue weighted by Crippen LogP contribution is 2.30. The van der Waals surface area contributed by atoms with Crippen molar-refractivity contribution < 1.29 is 19.6 Å². The van der Waals surface area contributed by atoms with Crippen molar-refractivity contribution in [2.24, 2.45) is 5.92 Å². The van der Waals surface area contributed by atoms with Crippen molar-refractivity contribution in [1.29, 1.82) is 0 Å². The van der Waals surface area contributed by atoms with Gasteiger partial charge < -0.3 is 10.0 Å². The van der Waals surface area contributed by atoms with Gasteiger partial charge in [0.25, 0.3) is 11.6 Å². The maximum atomic E-state index is 12.7. The van der Waals surface area contributed by atoms with Gasteiger partial charge in [0, 0.05) is 30.8 Å². The fourth-order valence-corrected chi connectivity index (χ4v) is 3.27. The Labute approximate surface area is 140 Å². The molecule has 0 aliphatic heterocycles. The van der Waals surface area contributed by atoms with Crippen LogP contribution in [0.15, 0.2) is 18.2 Å². The lowest BCUT2D eigenvalue weighted by molar-refractivity contribution is -0.384.